The highest BCUT2D eigenvalue weighted by atomic mass is 19.4. The van der Waals surface area contributed by atoms with Crippen LogP contribution in [-0.4, -0.2) is 54.5 Å². The van der Waals surface area contributed by atoms with Gasteiger partial charge in [0.05, 0.1) is 6.42 Å². The van der Waals surface area contributed by atoms with Gasteiger partial charge in [0, 0.05) is 18.7 Å². The molecule has 124 valence electrons. The van der Waals surface area contributed by atoms with Crippen molar-refractivity contribution < 1.29 is 27.8 Å². The Hall–Kier alpha value is -0.820. The van der Waals surface area contributed by atoms with Gasteiger partial charge in [-0.25, -0.2) is 0 Å². The fraction of sp³-hybridized carbons (Fsp3) is 0.929. The summed E-state index contributed by atoms with van der Waals surface area (Å²) in [6.07, 6.45) is 1.05. The second-order valence-corrected chi connectivity index (χ2v) is 5.80. The van der Waals surface area contributed by atoms with Gasteiger partial charge < -0.3 is 14.7 Å². The van der Waals surface area contributed by atoms with E-state index in [2.05, 4.69) is 4.74 Å². The minimum atomic E-state index is -4.29. The fourth-order valence-corrected chi connectivity index (χ4v) is 3.01. The predicted octanol–water partition coefficient (Wildman–Crippen LogP) is 3.06. The lowest BCUT2D eigenvalue weighted by molar-refractivity contribution is -0.174. The molecule has 1 saturated carbocycles. The molecule has 0 bridgehead atoms. The van der Waals surface area contributed by atoms with Gasteiger partial charge in [-0.15, -0.1) is 0 Å². The number of ether oxygens (including phenoxy) is 1. The minimum absolute atomic E-state index is 0.0347. The van der Waals surface area contributed by atoms with Crippen molar-refractivity contribution in [1.82, 2.24) is 4.90 Å². The first-order chi connectivity index (χ1) is 9.75. The molecule has 1 rings (SSSR count). The summed E-state index contributed by atoms with van der Waals surface area (Å²) in [5.41, 5.74) is -0.353. The topological polar surface area (TPSA) is 49.8 Å². The van der Waals surface area contributed by atoms with E-state index in [1.165, 1.54) is 0 Å². The molecule has 7 heteroatoms. The van der Waals surface area contributed by atoms with Crippen LogP contribution in [0.15, 0.2) is 0 Å². The number of rotatable bonds is 8. The van der Waals surface area contributed by atoms with Crippen molar-refractivity contribution >= 4 is 5.97 Å². The molecule has 1 fully saturated rings. The second-order valence-electron chi connectivity index (χ2n) is 5.80. The van der Waals surface area contributed by atoms with Crippen molar-refractivity contribution in [3.8, 4) is 0 Å². The van der Waals surface area contributed by atoms with Gasteiger partial charge in [0.25, 0.3) is 0 Å². The van der Waals surface area contributed by atoms with Crippen molar-refractivity contribution in [3.63, 3.8) is 0 Å². The third-order valence-corrected chi connectivity index (χ3v) is 4.12. The van der Waals surface area contributed by atoms with Crippen molar-refractivity contribution in [2.75, 3.05) is 26.8 Å². The maximum atomic E-state index is 11.9. The first-order valence-corrected chi connectivity index (χ1v) is 7.33. The number of carboxylic acid groups (broad SMARTS) is 1. The molecule has 0 heterocycles. The van der Waals surface area contributed by atoms with Crippen molar-refractivity contribution in [2.24, 2.45) is 0 Å². The standard InChI is InChI=1S/C14H24F3NO3/c1-18(8-5-9-21-11-14(15,16)17)13(10-12(19)20)6-3-2-4-7-13/h2-11H2,1H3,(H,19,20). The fourth-order valence-electron chi connectivity index (χ4n) is 3.01. The molecule has 0 amide bonds. The number of carboxylic acids is 1. The first kappa shape index (κ1) is 18.2. The number of halogens is 3. The number of alkyl halides is 3. The highest BCUT2D eigenvalue weighted by Crippen LogP contribution is 2.35. The normalized spacial score (nSPS) is 18.9. The molecule has 0 aromatic rings. The smallest absolute Gasteiger partial charge is 0.411 e. The van der Waals surface area contributed by atoms with E-state index in [1.807, 2.05) is 11.9 Å². The Kier molecular flexibility index (Phi) is 6.93. The highest BCUT2D eigenvalue weighted by molar-refractivity contribution is 5.68. The van der Waals surface area contributed by atoms with Crippen LogP contribution in [0.2, 0.25) is 0 Å². The monoisotopic (exact) mass is 311 g/mol. The van der Waals surface area contributed by atoms with Gasteiger partial charge in [-0.2, -0.15) is 13.2 Å². The quantitative estimate of drug-likeness (QED) is 0.700. The number of hydrogen-bond donors (Lipinski definition) is 1. The predicted molar refractivity (Wildman–Crippen MR) is 72.2 cm³/mol. The van der Waals surface area contributed by atoms with Crippen LogP contribution in [0.5, 0.6) is 0 Å². The maximum Gasteiger partial charge on any atom is 0.411 e. The van der Waals surface area contributed by atoms with E-state index in [0.717, 1.165) is 32.1 Å². The number of carbonyl (C=O) groups is 1. The molecule has 0 aliphatic heterocycles. The number of aliphatic carboxylic acids is 1. The molecular formula is C14H24F3NO3. The van der Waals surface area contributed by atoms with Gasteiger partial charge in [-0.3, -0.25) is 4.79 Å². The van der Waals surface area contributed by atoms with E-state index in [-0.39, 0.29) is 18.6 Å². The van der Waals surface area contributed by atoms with Crippen LogP contribution in [0.4, 0.5) is 13.2 Å². The summed E-state index contributed by atoms with van der Waals surface area (Å²) in [5.74, 6) is -0.822. The van der Waals surface area contributed by atoms with Crippen molar-refractivity contribution in [2.45, 2.75) is 56.7 Å². The zero-order valence-corrected chi connectivity index (χ0v) is 12.4. The van der Waals surface area contributed by atoms with Crippen molar-refractivity contribution in [1.29, 1.82) is 0 Å². The third kappa shape index (κ3) is 6.65. The van der Waals surface area contributed by atoms with E-state index in [9.17, 15) is 18.0 Å². The van der Waals surface area contributed by atoms with E-state index >= 15 is 0 Å². The largest absolute Gasteiger partial charge is 0.481 e. The summed E-state index contributed by atoms with van der Waals surface area (Å²) in [7, 11) is 1.86. The Bertz CT molecular complexity index is 328. The van der Waals surface area contributed by atoms with E-state index in [1.54, 1.807) is 0 Å². The van der Waals surface area contributed by atoms with Crippen LogP contribution in [0.3, 0.4) is 0 Å². The molecule has 1 N–H and O–H groups in total. The zero-order chi connectivity index (χ0) is 15.9. The molecule has 0 atom stereocenters. The summed E-state index contributed by atoms with van der Waals surface area (Å²) in [5, 5.41) is 9.10. The Morgan fingerprint density at radius 1 is 1.29 bits per heavy atom. The Labute approximate surface area is 123 Å². The van der Waals surface area contributed by atoms with Gasteiger partial charge in [-0.05, 0) is 26.3 Å². The van der Waals surface area contributed by atoms with Crippen LogP contribution in [0, 0.1) is 0 Å². The summed E-state index contributed by atoms with van der Waals surface area (Å²) >= 11 is 0. The lowest BCUT2D eigenvalue weighted by Gasteiger charge is -2.44. The Morgan fingerprint density at radius 3 is 2.43 bits per heavy atom. The SMILES string of the molecule is CN(CCCOCC(F)(F)F)C1(CC(=O)O)CCCCC1. The molecule has 21 heavy (non-hydrogen) atoms. The average molecular weight is 311 g/mol. The lowest BCUT2D eigenvalue weighted by atomic mass is 9.78. The van der Waals surface area contributed by atoms with E-state index in [0.29, 0.717) is 13.0 Å². The van der Waals surface area contributed by atoms with Gasteiger partial charge in [-0.1, -0.05) is 19.3 Å². The molecule has 0 spiro atoms. The van der Waals surface area contributed by atoms with Gasteiger partial charge in [0.1, 0.15) is 6.61 Å². The van der Waals surface area contributed by atoms with Crippen LogP contribution in [0.25, 0.3) is 0 Å². The van der Waals surface area contributed by atoms with Gasteiger partial charge >= 0.3 is 12.1 Å². The molecule has 0 saturated heterocycles. The molecule has 0 aromatic heterocycles. The molecule has 0 aromatic carbocycles. The Balaban J connectivity index is 2.39. The summed E-state index contributed by atoms with van der Waals surface area (Å²) < 4.78 is 40.4. The summed E-state index contributed by atoms with van der Waals surface area (Å²) in [6, 6.07) is 0. The second kappa shape index (κ2) is 7.98. The van der Waals surface area contributed by atoms with E-state index < -0.39 is 18.8 Å². The molecule has 1 aliphatic rings. The van der Waals surface area contributed by atoms with Crippen LogP contribution >= 0.6 is 0 Å². The third-order valence-electron chi connectivity index (χ3n) is 4.12. The van der Waals surface area contributed by atoms with Crippen molar-refractivity contribution in [3.05, 3.63) is 0 Å². The zero-order valence-electron chi connectivity index (χ0n) is 12.4. The molecule has 1 aliphatic carbocycles. The highest BCUT2D eigenvalue weighted by Gasteiger charge is 2.37. The first-order valence-electron chi connectivity index (χ1n) is 7.33. The number of hydrogen-bond acceptors (Lipinski definition) is 3. The lowest BCUT2D eigenvalue weighted by Crippen LogP contribution is -2.49. The minimum Gasteiger partial charge on any atom is -0.481 e. The molecule has 0 unspecified atom stereocenters. The average Bonchev–Trinajstić information content (AvgIpc) is 2.37. The molecular weight excluding hydrogens is 287 g/mol. The van der Waals surface area contributed by atoms with Crippen LogP contribution in [-0.2, 0) is 9.53 Å². The van der Waals surface area contributed by atoms with Crippen LogP contribution in [0.1, 0.15) is 44.9 Å². The maximum absolute atomic E-state index is 11.9. The van der Waals surface area contributed by atoms with E-state index in [4.69, 9.17) is 5.11 Å². The van der Waals surface area contributed by atoms with Crippen LogP contribution < -0.4 is 0 Å². The summed E-state index contributed by atoms with van der Waals surface area (Å²) in [4.78, 5) is 13.1. The Morgan fingerprint density at radius 2 is 1.90 bits per heavy atom. The molecule has 0 radical (unpaired) electrons. The number of nitrogens with zero attached hydrogens (tertiary/aromatic N) is 1. The summed E-state index contributed by atoms with van der Waals surface area (Å²) in [6.45, 7) is -0.644. The van der Waals surface area contributed by atoms with Gasteiger partial charge in [0.15, 0.2) is 0 Å². The molecule has 4 nitrogen and oxygen atoms in total. The van der Waals surface area contributed by atoms with Gasteiger partial charge in [0.2, 0.25) is 0 Å².